The first kappa shape index (κ1) is 21.4. The zero-order valence-corrected chi connectivity index (χ0v) is 17.7. The number of hydrogen-bond donors (Lipinski definition) is 1. The summed E-state index contributed by atoms with van der Waals surface area (Å²) >= 11 is 9.48. The molecule has 29 heavy (non-hydrogen) atoms. The maximum Gasteiger partial charge on any atom is 0.435 e. The summed E-state index contributed by atoms with van der Waals surface area (Å²) in [5, 5.41) is 11.0. The number of hydrogen-bond acceptors (Lipinski definition) is 3. The van der Waals surface area contributed by atoms with Gasteiger partial charge in [0.25, 0.3) is 0 Å². The highest BCUT2D eigenvalue weighted by Crippen LogP contribution is 2.30. The first-order valence-corrected chi connectivity index (χ1v) is 9.64. The number of nitrogens with one attached hydrogen (secondary N) is 1. The number of alkyl halides is 3. The quantitative estimate of drug-likeness (QED) is 0.543. The van der Waals surface area contributed by atoms with Crippen molar-refractivity contribution in [2.45, 2.75) is 32.6 Å². The lowest BCUT2D eigenvalue weighted by Gasteiger charge is -2.13. The van der Waals surface area contributed by atoms with Gasteiger partial charge in [0, 0.05) is 16.9 Å². The molecule has 0 radical (unpaired) electrons. The summed E-state index contributed by atoms with van der Waals surface area (Å²) in [7, 11) is 0. The molecule has 0 saturated carbocycles. The Morgan fingerprint density at radius 3 is 2.62 bits per heavy atom. The Balaban J connectivity index is 1.75. The molecule has 0 aliphatic heterocycles. The van der Waals surface area contributed by atoms with Gasteiger partial charge in [-0.15, -0.1) is 0 Å². The first-order valence-electron chi connectivity index (χ1n) is 8.47. The Bertz CT molecular complexity index is 1050. The van der Waals surface area contributed by atoms with Crippen LogP contribution in [0, 0.1) is 6.92 Å². The van der Waals surface area contributed by atoms with Gasteiger partial charge in [-0.05, 0) is 47.5 Å². The zero-order valence-electron chi connectivity index (χ0n) is 15.3. The number of benzene rings is 1. The molecule has 11 heteroatoms. The SMILES string of the molecule is Cc1cc(C(F)(F)F)nn1C(C)C(=O)Nc1nn(Cc2ccccc2Cl)cc1Br. The number of aryl methyl sites for hydroxylation is 1. The van der Waals surface area contributed by atoms with Crippen molar-refractivity contribution in [2.24, 2.45) is 0 Å². The van der Waals surface area contributed by atoms with Crippen LogP contribution < -0.4 is 5.32 Å². The van der Waals surface area contributed by atoms with E-state index < -0.39 is 23.8 Å². The van der Waals surface area contributed by atoms with Crippen LogP contribution >= 0.6 is 27.5 Å². The van der Waals surface area contributed by atoms with Crippen LogP contribution in [-0.2, 0) is 17.5 Å². The maximum atomic E-state index is 12.9. The molecule has 1 unspecified atom stereocenters. The fourth-order valence-corrected chi connectivity index (χ4v) is 3.32. The number of aromatic nitrogens is 4. The molecule has 0 aliphatic carbocycles. The van der Waals surface area contributed by atoms with E-state index in [1.165, 1.54) is 13.8 Å². The average molecular weight is 491 g/mol. The number of anilines is 1. The minimum Gasteiger partial charge on any atom is -0.306 e. The lowest BCUT2D eigenvalue weighted by Crippen LogP contribution is -2.26. The summed E-state index contributed by atoms with van der Waals surface area (Å²) in [6, 6.07) is 7.23. The second-order valence-electron chi connectivity index (χ2n) is 6.39. The standard InChI is InChI=1S/C18H16BrClF3N5O/c1-10-7-15(18(21,22)23)25-28(10)11(2)17(29)24-16-13(19)9-27(26-16)8-12-5-3-4-6-14(12)20/h3-7,9,11H,8H2,1-2H3,(H,24,26,29). The number of carbonyl (C=O) groups excluding carboxylic acids is 1. The molecule has 0 fully saturated rings. The highest BCUT2D eigenvalue weighted by molar-refractivity contribution is 9.10. The number of nitrogens with zero attached hydrogens (tertiary/aromatic N) is 4. The molecule has 1 aromatic carbocycles. The van der Waals surface area contributed by atoms with E-state index in [1.54, 1.807) is 16.9 Å². The minimum absolute atomic E-state index is 0.225. The van der Waals surface area contributed by atoms with E-state index in [9.17, 15) is 18.0 Å². The Labute approximate surface area is 177 Å². The van der Waals surface area contributed by atoms with Crippen LogP contribution in [0.3, 0.4) is 0 Å². The molecule has 0 saturated heterocycles. The van der Waals surface area contributed by atoms with Crippen molar-refractivity contribution >= 4 is 39.3 Å². The van der Waals surface area contributed by atoms with Crippen molar-refractivity contribution in [3.63, 3.8) is 0 Å². The monoisotopic (exact) mass is 489 g/mol. The molecule has 0 bridgehead atoms. The van der Waals surface area contributed by atoms with Gasteiger partial charge in [0.05, 0.1) is 11.0 Å². The third-order valence-corrected chi connectivity index (χ3v) is 5.16. The van der Waals surface area contributed by atoms with E-state index in [2.05, 4.69) is 31.4 Å². The summed E-state index contributed by atoms with van der Waals surface area (Å²) in [5.74, 6) is -0.302. The largest absolute Gasteiger partial charge is 0.435 e. The number of amides is 1. The predicted molar refractivity (Wildman–Crippen MR) is 106 cm³/mol. The molecule has 1 amide bonds. The summed E-state index contributed by atoms with van der Waals surface area (Å²) < 4.78 is 41.7. The van der Waals surface area contributed by atoms with E-state index in [-0.39, 0.29) is 11.5 Å². The fraction of sp³-hybridized carbons (Fsp3) is 0.278. The Morgan fingerprint density at radius 2 is 2.00 bits per heavy atom. The van der Waals surface area contributed by atoms with Crippen molar-refractivity contribution in [2.75, 3.05) is 5.32 Å². The molecule has 154 valence electrons. The van der Waals surface area contributed by atoms with Gasteiger partial charge in [0.2, 0.25) is 5.91 Å². The van der Waals surface area contributed by atoms with Gasteiger partial charge >= 0.3 is 6.18 Å². The van der Waals surface area contributed by atoms with E-state index in [0.717, 1.165) is 16.3 Å². The summed E-state index contributed by atoms with van der Waals surface area (Å²) in [5.41, 5.74) is 0.0328. The lowest BCUT2D eigenvalue weighted by atomic mass is 10.2. The molecule has 3 rings (SSSR count). The molecular weight excluding hydrogens is 475 g/mol. The zero-order chi connectivity index (χ0) is 21.3. The van der Waals surface area contributed by atoms with Gasteiger partial charge in [-0.3, -0.25) is 14.2 Å². The van der Waals surface area contributed by atoms with E-state index in [4.69, 9.17) is 11.6 Å². The third kappa shape index (κ3) is 4.81. The number of rotatable bonds is 5. The minimum atomic E-state index is -4.58. The Kier molecular flexibility index (Phi) is 6.04. The summed E-state index contributed by atoms with van der Waals surface area (Å²) in [6.45, 7) is 3.31. The Hall–Kier alpha value is -2.33. The molecule has 0 aliphatic rings. The average Bonchev–Trinajstić information content (AvgIpc) is 3.19. The second kappa shape index (κ2) is 8.19. The lowest BCUT2D eigenvalue weighted by molar-refractivity contribution is -0.141. The van der Waals surface area contributed by atoms with Crippen molar-refractivity contribution in [3.8, 4) is 0 Å². The highest BCUT2D eigenvalue weighted by Gasteiger charge is 2.35. The highest BCUT2D eigenvalue weighted by atomic mass is 79.9. The van der Waals surface area contributed by atoms with E-state index in [0.29, 0.717) is 16.0 Å². The normalized spacial score (nSPS) is 12.8. The van der Waals surface area contributed by atoms with Gasteiger partial charge in [0.15, 0.2) is 11.5 Å². The summed E-state index contributed by atoms with van der Waals surface area (Å²) in [4.78, 5) is 12.6. The smallest absolute Gasteiger partial charge is 0.306 e. The number of halogens is 5. The van der Waals surface area contributed by atoms with Crippen molar-refractivity contribution in [1.82, 2.24) is 19.6 Å². The van der Waals surface area contributed by atoms with Crippen LogP contribution in [0.5, 0.6) is 0 Å². The molecular formula is C18H16BrClF3N5O. The van der Waals surface area contributed by atoms with Crippen molar-refractivity contribution in [3.05, 3.63) is 63.0 Å². The molecule has 6 nitrogen and oxygen atoms in total. The molecule has 1 N–H and O–H groups in total. The number of carbonyl (C=O) groups is 1. The Morgan fingerprint density at radius 1 is 1.31 bits per heavy atom. The van der Waals surface area contributed by atoms with Gasteiger partial charge in [-0.25, -0.2) is 0 Å². The van der Waals surface area contributed by atoms with Gasteiger partial charge in [-0.1, -0.05) is 29.8 Å². The predicted octanol–water partition coefficient (Wildman–Crippen LogP) is 5.07. The molecule has 1 atom stereocenters. The van der Waals surface area contributed by atoms with Crippen molar-refractivity contribution < 1.29 is 18.0 Å². The molecule has 2 aromatic heterocycles. The van der Waals surface area contributed by atoms with Gasteiger partial charge < -0.3 is 5.32 Å². The summed E-state index contributed by atoms with van der Waals surface area (Å²) in [6.07, 6.45) is -2.91. The van der Waals surface area contributed by atoms with E-state index in [1.807, 2.05) is 18.2 Å². The molecule has 2 heterocycles. The van der Waals surface area contributed by atoms with Crippen LogP contribution in [0.25, 0.3) is 0 Å². The van der Waals surface area contributed by atoms with Crippen LogP contribution in [0.4, 0.5) is 19.0 Å². The third-order valence-electron chi connectivity index (χ3n) is 4.21. The maximum absolute atomic E-state index is 12.9. The van der Waals surface area contributed by atoms with Crippen molar-refractivity contribution in [1.29, 1.82) is 0 Å². The fourth-order valence-electron chi connectivity index (χ4n) is 2.71. The van der Waals surface area contributed by atoms with Crippen LogP contribution in [0.2, 0.25) is 5.02 Å². The van der Waals surface area contributed by atoms with Gasteiger partial charge in [0.1, 0.15) is 6.04 Å². The van der Waals surface area contributed by atoms with Crippen LogP contribution in [0.15, 0.2) is 41.0 Å². The van der Waals surface area contributed by atoms with Gasteiger partial charge in [-0.2, -0.15) is 23.4 Å². The van der Waals surface area contributed by atoms with Crippen LogP contribution in [-0.4, -0.2) is 25.5 Å². The topological polar surface area (TPSA) is 64.7 Å². The molecule has 3 aromatic rings. The van der Waals surface area contributed by atoms with E-state index >= 15 is 0 Å². The second-order valence-corrected chi connectivity index (χ2v) is 7.65. The first-order chi connectivity index (χ1) is 13.6. The molecule has 0 spiro atoms. The van der Waals surface area contributed by atoms with Crippen LogP contribution in [0.1, 0.15) is 29.9 Å².